The molecule has 3 nitrogen and oxygen atoms in total. The number of ether oxygens (including phenoxy) is 2. The Labute approximate surface area is 126 Å². The third kappa shape index (κ3) is 8.05. The zero-order valence-electron chi connectivity index (χ0n) is 12.1. The number of alkyl halides is 1. The highest BCUT2D eigenvalue weighted by atomic mass is 35.5. The molecule has 112 valence electrons. The van der Waals surface area contributed by atoms with E-state index in [9.17, 15) is 4.79 Å². The predicted octanol–water partition coefficient (Wildman–Crippen LogP) is 4.11. The Morgan fingerprint density at radius 1 is 1.05 bits per heavy atom. The summed E-state index contributed by atoms with van der Waals surface area (Å²) in [6.45, 7) is 3.29. The lowest BCUT2D eigenvalue weighted by Crippen LogP contribution is -2.06. The zero-order valence-corrected chi connectivity index (χ0v) is 12.8. The molecule has 0 saturated heterocycles. The van der Waals surface area contributed by atoms with Crippen LogP contribution in [0.1, 0.15) is 37.7 Å². The molecule has 0 unspecified atom stereocenters. The maximum absolute atomic E-state index is 11.0. The van der Waals surface area contributed by atoms with Gasteiger partial charge in [0, 0.05) is 5.88 Å². The summed E-state index contributed by atoms with van der Waals surface area (Å²) in [4.78, 5) is 11.0. The first-order valence-corrected chi connectivity index (χ1v) is 7.67. The first-order valence-electron chi connectivity index (χ1n) is 7.13. The molecule has 0 amide bonds. The summed E-state index contributed by atoms with van der Waals surface area (Å²) in [7, 11) is 0. The highest BCUT2D eigenvalue weighted by Crippen LogP contribution is 2.12. The summed E-state index contributed by atoms with van der Waals surface area (Å²) in [6, 6.07) is 8.08. The standard InChI is InChI=1S/C16H23ClO3/c1-14-6-8-15(9-7-14)19-12-4-2-3-5-13-20-16(18)10-11-17/h6-9H,2-5,10-13H2,1H3. The van der Waals surface area contributed by atoms with Gasteiger partial charge in [0.2, 0.25) is 0 Å². The van der Waals surface area contributed by atoms with Gasteiger partial charge in [0.25, 0.3) is 0 Å². The molecule has 0 atom stereocenters. The van der Waals surface area contributed by atoms with Crippen LogP contribution in [0.15, 0.2) is 24.3 Å². The summed E-state index contributed by atoms with van der Waals surface area (Å²) in [6.07, 6.45) is 4.35. The monoisotopic (exact) mass is 298 g/mol. The molecule has 0 aliphatic rings. The van der Waals surface area contributed by atoms with Crippen molar-refractivity contribution in [3.8, 4) is 5.75 Å². The van der Waals surface area contributed by atoms with Crippen molar-refractivity contribution >= 4 is 17.6 Å². The molecule has 0 aromatic heterocycles. The smallest absolute Gasteiger partial charge is 0.306 e. The van der Waals surface area contributed by atoms with E-state index >= 15 is 0 Å². The average Bonchev–Trinajstić information content (AvgIpc) is 2.44. The largest absolute Gasteiger partial charge is 0.494 e. The lowest BCUT2D eigenvalue weighted by Gasteiger charge is -2.06. The zero-order chi connectivity index (χ0) is 14.6. The van der Waals surface area contributed by atoms with Crippen LogP contribution in [0.3, 0.4) is 0 Å². The Balaban J connectivity index is 1.92. The SMILES string of the molecule is Cc1ccc(OCCCCCCOC(=O)CCCl)cc1. The van der Waals surface area contributed by atoms with Crippen LogP contribution in [0.4, 0.5) is 0 Å². The van der Waals surface area contributed by atoms with Crippen molar-refractivity contribution in [2.45, 2.75) is 39.0 Å². The maximum atomic E-state index is 11.0. The fourth-order valence-corrected chi connectivity index (χ4v) is 1.87. The lowest BCUT2D eigenvalue weighted by molar-refractivity contribution is -0.143. The summed E-state index contributed by atoms with van der Waals surface area (Å²) in [5.41, 5.74) is 1.24. The number of hydrogen-bond acceptors (Lipinski definition) is 3. The first kappa shape index (κ1) is 16.8. The van der Waals surface area contributed by atoms with E-state index in [1.54, 1.807) is 0 Å². The van der Waals surface area contributed by atoms with E-state index in [0.717, 1.165) is 38.0 Å². The minimum absolute atomic E-state index is 0.206. The van der Waals surface area contributed by atoms with Crippen molar-refractivity contribution in [1.82, 2.24) is 0 Å². The number of hydrogen-bond donors (Lipinski definition) is 0. The minimum atomic E-state index is -0.206. The van der Waals surface area contributed by atoms with Crippen molar-refractivity contribution in [2.24, 2.45) is 0 Å². The minimum Gasteiger partial charge on any atom is -0.494 e. The maximum Gasteiger partial charge on any atom is 0.306 e. The first-order chi connectivity index (χ1) is 9.72. The van der Waals surface area contributed by atoms with Gasteiger partial charge in [-0.05, 0) is 44.7 Å². The Hall–Kier alpha value is -1.22. The number of unbranched alkanes of at least 4 members (excludes halogenated alkanes) is 3. The van der Waals surface area contributed by atoms with E-state index in [1.165, 1.54) is 5.56 Å². The summed E-state index contributed by atoms with van der Waals surface area (Å²) in [5.74, 6) is 1.04. The van der Waals surface area contributed by atoms with Crippen LogP contribution in [0, 0.1) is 6.92 Å². The highest BCUT2D eigenvalue weighted by Gasteiger charge is 2.00. The van der Waals surface area contributed by atoms with Gasteiger partial charge in [0.15, 0.2) is 0 Å². The third-order valence-electron chi connectivity index (χ3n) is 2.89. The third-order valence-corrected chi connectivity index (χ3v) is 3.08. The van der Waals surface area contributed by atoms with E-state index < -0.39 is 0 Å². The van der Waals surface area contributed by atoms with Crippen LogP contribution in [-0.4, -0.2) is 25.1 Å². The van der Waals surface area contributed by atoms with Crippen molar-refractivity contribution in [2.75, 3.05) is 19.1 Å². The molecule has 1 aromatic rings. The van der Waals surface area contributed by atoms with E-state index in [-0.39, 0.29) is 5.97 Å². The molecule has 0 saturated carbocycles. The van der Waals surface area contributed by atoms with Crippen molar-refractivity contribution in [3.63, 3.8) is 0 Å². The molecular weight excluding hydrogens is 276 g/mol. The predicted molar refractivity (Wildman–Crippen MR) is 81.4 cm³/mol. The van der Waals surface area contributed by atoms with Gasteiger partial charge in [-0.25, -0.2) is 0 Å². The van der Waals surface area contributed by atoms with Gasteiger partial charge in [-0.3, -0.25) is 4.79 Å². The second-order valence-electron chi connectivity index (χ2n) is 4.74. The van der Waals surface area contributed by atoms with Crippen molar-refractivity contribution < 1.29 is 14.3 Å². The fraction of sp³-hybridized carbons (Fsp3) is 0.562. The Kier molecular flexibility index (Phi) is 8.88. The number of halogens is 1. The highest BCUT2D eigenvalue weighted by molar-refractivity contribution is 6.18. The van der Waals surface area contributed by atoms with E-state index in [1.807, 2.05) is 24.3 Å². The van der Waals surface area contributed by atoms with E-state index in [4.69, 9.17) is 21.1 Å². The second kappa shape index (κ2) is 10.6. The molecule has 0 aliphatic heterocycles. The van der Waals surface area contributed by atoms with Crippen LogP contribution in [-0.2, 0) is 9.53 Å². The number of aryl methyl sites for hydroxylation is 1. The molecule has 0 fully saturated rings. The fourth-order valence-electron chi connectivity index (χ4n) is 1.72. The van der Waals surface area contributed by atoms with E-state index in [2.05, 4.69) is 6.92 Å². The molecule has 0 spiro atoms. The molecule has 0 bridgehead atoms. The number of carbonyl (C=O) groups excluding carboxylic acids is 1. The second-order valence-corrected chi connectivity index (χ2v) is 5.11. The van der Waals surface area contributed by atoms with Crippen LogP contribution in [0.25, 0.3) is 0 Å². The number of rotatable bonds is 10. The lowest BCUT2D eigenvalue weighted by atomic mass is 10.2. The molecule has 4 heteroatoms. The van der Waals surface area contributed by atoms with Gasteiger partial charge in [0.05, 0.1) is 19.6 Å². The van der Waals surface area contributed by atoms with Gasteiger partial charge < -0.3 is 9.47 Å². The molecule has 0 N–H and O–H groups in total. The van der Waals surface area contributed by atoms with Crippen molar-refractivity contribution in [1.29, 1.82) is 0 Å². The van der Waals surface area contributed by atoms with Gasteiger partial charge in [-0.2, -0.15) is 0 Å². The normalized spacial score (nSPS) is 10.3. The summed E-state index contributed by atoms with van der Waals surface area (Å²) < 4.78 is 10.7. The van der Waals surface area contributed by atoms with Gasteiger partial charge in [-0.15, -0.1) is 11.6 Å². The molecule has 1 rings (SSSR count). The molecule has 0 radical (unpaired) electrons. The van der Waals surface area contributed by atoms with Gasteiger partial charge in [-0.1, -0.05) is 17.7 Å². The molecule has 20 heavy (non-hydrogen) atoms. The van der Waals surface area contributed by atoms with Gasteiger partial charge in [0.1, 0.15) is 5.75 Å². The average molecular weight is 299 g/mol. The summed E-state index contributed by atoms with van der Waals surface area (Å²) in [5, 5.41) is 0. The number of benzene rings is 1. The van der Waals surface area contributed by atoms with Crippen LogP contribution >= 0.6 is 11.6 Å². The van der Waals surface area contributed by atoms with Crippen LogP contribution < -0.4 is 4.74 Å². The molecule has 0 heterocycles. The Bertz CT molecular complexity index is 376. The van der Waals surface area contributed by atoms with Crippen LogP contribution in [0.2, 0.25) is 0 Å². The molecule has 0 aliphatic carbocycles. The number of esters is 1. The Morgan fingerprint density at radius 2 is 1.70 bits per heavy atom. The topological polar surface area (TPSA) is 35.5 Å². The molecular formula is C16H23ClO3. The molecule has 1 aromatic carbocycles. The van der Waals surface area contributed by atoms with E-state index in [0.29, 0.717) is 18.9 Å². The number of carbonyl (C=O) groups is 1. The van der Waals surface area contributed by atoms with Gasteiger partial charge >= 0.3 is 5.97 Å². The quantitative estimate of drug-likeness (QED) is 0.370. The summed E-state index contributed by atoms with van der Waals surface area (Å²) >= 11 is 5.44. The Morgan fingerprint density at radius 3 is 2.35 bits per heavy atom. The van der Waals surface area contributed by atoms with Crippen LogP contribution in [0.5, 0.6) is 5.75 Å². The van der Waals surface area contributed by atoms with Crippen molar-refractivity contribution in [3.05, 3.63) is 29.8 Å².